The molecule has 0 spiro atoms. The topological polar surface area (TPSA) is 112 Å². The fourth-order valence-electron chi connectivity index (χ4n) is 3.10. The van der Waals surface area contributed by atoms with Crippen LogP contribution in [0.5, 0.6) is 0 Å². The summed E-state index contributed by atoms with van der Waals surface area (Å²) in [7, 11) is 1.81. The van der Waals surface area contributed by atoms with Gasteiger partial charge in [-0.2, -0.15) is 5.10 Å². The van der Waals surface area contributed by atoms with Crippen molar-refractivity contribution in [2.75, 3.05) is 11.9 Å². The van der Waals surface area contributed by atoms with Gasteiger partial charge in [-0.15, -0.1) is 5.10 Å². The zero-order chi connectivity index (χ0) is 21.0. The number of aromatic nitrogens is 5. The lowest BCUT2D eigenvalue weighted by Crippen LogP contribution is -2.25. The number of rotatable bonds is 3. The van der Waals surface area contributed by atoms with Gasteiger partial charge in [0.25, 0.3) is 5.91 Å². The number of nitrogens with zero attached hydrogens (tertiary/aromatic N) is 6. The van der Waals surface area contributed by atoms with Gasteiger partial charge in [0.05, 0.1) is 11.7 Å². The SMILES string of the molecule is CC(c1ccccc1)n1cnc(C(N)=O)n1.Cc1cc2n(n1)CCCC(=O)N2C. The number of carbonyl (C=O) groups excluding carboxylic acids is 2. The van der Waals surface area contributed by atoms with Crippen molar-refractivity contribution in [2.45, 2.75) is 39.3 Å². The molecule has 0 aliphatic carbocycles. The van der Waals surface area contributed by atoms with Gasteiger partial charge in [0, 0.05) is 26.1 Å². The van der Waals surface area contributed by atoms with Crippen molar-refractivity contribution < 1.29 is 9.59 Å². The number of carbonyl (C=O) groups is 2. The molecule has 29 heavy (non-hydrogen) atoms. The first kappa shape index (κ1) is 20.2. The van der Waals surface area contributed by atoms with Crippen LogP contribution in [0.25, 0.3) is 0 Å². The maximum Gasteiger partial charge on any atom is 0.288 e. The van der Waals surface area contributed by atoms with E-state index in [1.165, 1.54) is 6.33 Å². The molecule has 2 amide bonds. The van der Waals surface area contributed by atoms with Crippen LogP contribution in [0.3, 0.4) is 0 Å². The molecule has 152 valence electrons. The van der Waals surface area contributed by atoms with E-state index in [1.54, 1.807) is 16.6 Å². The van der Waals surface area contributed by atoms with Crippen LogP contribution >= 0.6 is 0 Å². The number of aryl methyl sites for hydroxylation is 2. The van der Waals surface area contributed by atoms with Crippen LogP contribution in [0.4, 0.5) is 5.82 Å². The third-order valence-corrected chi connectivity index (χ3v) is 4.77. The highest BCUT2D eigenvalue weighted by Crippen LogP contribution is 2.20. The fraction of sp³-hybridized carbons (Fsp3) is 0.350. The van der Waals surface area contributed by atoms with Gasteiger partial charge in [0.15, 0.2) is 0 Å². The standard InChI is InChI=1S/C11H12N4O.C9H13N3O/c1-8(9-5-3-2-4-6-9)15-7-13-11(14-15)10(12)16;1-7-6-8-11(2)9(13)4-3-5-12(8)10-7/h2-8H,1H3,(H2,12,16);6H,3-5H2,1-2H3. The highest BCUT2D eigenvalue weighted by Gasteiger charge is 2.19. The molecule has 1 aliphatic heterocycles. The number of amides is 2. The van der Waals surface area contributed by atoms with Gasteiger partial charge in [-0.05, 0) is 25.8 Å². The fourth-order valence-corrected chi connectivity index (χ4v) is 3.10. The number of nitrogens with two attached hydrogens (primary N) is 1. The molecule has 9 heteroatoms. The van der Waals surface area contributed by atoms with E-state index in [0.717, 1.165) is 30.0 Å². The van der Waals surface area contributed by atoms with Gasteiger partial charge in [-0.3, -0.25) is 9.59 Å². The van der Waals surface area contributed by atoms with Crippen LogP contribution in [0.1, 0.15) is 47.7 Å². The Kier molecular flexibility index (Phi) is 6.06. The average Bonchev–Trinajstić information content (AvgIpc) is 3.32. The van der Waals surface area contributed by atoms with Crippen molar-refractivity contribution >= 4 is 17.6 Å². The van der Waals surface area contributed by atoms with Crippen LogP contribution < -0.4 is 10.6 Å². The Bertz CT molecular complexity index is 993. The molecule has 1 aromatic carbocycles. The Morgan fingerprint density at radius 1 is 1.21 bits per heavy atom. The first-order valence-corrected chi connectivity index (χ1v) is 9.43. The molecule has 4 rings (SSSR count). The van der Waals surface area contributed by atoms with Crippen molar-refractivity contribution in [3.05, 3.63) is 59.8 Å². The molecule has 1 unspecified atom stereocenters. The van der Waals surface area contributed by atoms with Crippen LogP contribution in [0, 0.1) is 6.92 Å². The lowest BCUT2D eigenvalue weighted by Gasteiger charge is -2.13. The largest absolute Gasteiger partial charge is 0.363 e. The normalized spacial score (nSPS) is 14.4. The van der Waals surface area contributed by atoms with Gasteiger partial charge >= 0.3 is 0 Å². The molecule has 2 N–H and O–H groups in total. The molecule has 1 atom stereocenters. The zero-order valence-electron chi connectivity index (χ0n) is 16.8. The van der Waals surface area contributed by atoms with E-state index in [0.29, 0.717) is 6.42 Å². The van der Waals surface area contributed by atoms with Crippen LogP contribution in [0.2, 0.25) is 0 Å². The van der Waals surface area contributed by atoms with Crippen LogP contribution in [-0.2, 0) is 11.3 Å². The molecular formula is C20H25N7O2. The van der Waals surface area contributed by atoms with E-state index in [9.17, 15) is 9.59 Å². The summed E-state index contributed by atoms with van der Waals surface area (Å²) in [6.45, 7) is 4.77. The van der Waals surface area contributed by atoms with E-state index in [4.69, 9.17) is 5.73 Å². The molecule has 2 aromatic heterocycles. The summed E-state index contributed by atoms with van der Waals surface area (Å²) >= 11 is 0. The second-order valence-corrected chi connectivity index (χ2v) is 6.92. The lowest BCUT2D eigenvalue weighted by atomic mass is 10.1. The number of anilines is 1. The van der Waals surface area contributed by atoms with Gasteiger partial charge in [0.1, 0.15) is 12.1 Å². The molecule has 0 saturated heterocycles. The summed E-state index contributed by atoms with van der Waals surface area (Å²) in [6.07, 6.45) is 3.02. The maximum absolute atomic E-state index is 11.5. The summed E-state index contributed by atoms with van der Waals surface area (Å²) in [5.41, 5.74) is 7.16. The van der Waals surface area contributed by atoms with Crippen molar-refractivity contribution in [3.63, 3.8) is 0 Å². The van der Waals surface area contributed by atoms with E-state index in [-0.39, 0.29) is 17.8 Å². The van der Waals surface area contributed by atoms with E-state index in [2.05, 4.69) is 15.2 Å². The number of hydrogen-bond donors (Lipinski definition) is 1. The van der Waals surface area contributed by atoms with Crippen molar-refractivity contribution in [1.29, 1.82) is 0 Å². The Morgan fingerprint density at radius 2 is 1.93 bits per heavy atom. The van der Waals surface area contributed by atoms with Crippen molar-refractivity contribution in [1.82, 2.24) is 24.5 Å². The van der Waals surface area contributed by atoms with E-state index < -0.39 is 5.91 Å². The molecule has 3 heterocycles. The minimum absolute atomic E-state index is 0.0294. The van der Waals surface area contributed by atoms with Crippen molar-refractivity contribution in [3.8, 4) is 0 Å². The molecule has 3 aromatic rings. The summed E-state index contributed by atoms with van der Waals surface area (Å²) in [5.74, 6) is 0.528. The Hall–Kier alpha value is -3.49. The van der Waals surface area contributed by atoms with E-state index >= 15 is 0 Å². The number of benzene rings is 1. The number of hydrogen-bond acceptors (Lipinski definition) is 5. The lowest BCUT2D eigenvalue weighted by molar-refractivity contribution is -0.118. The average molecular weight is 395 g/mol. The predicted octanol–water partition coefficient (Wildman–Crippen LogP) is 1.93. The molecule has 1 aliphatic rings. The second-order valence-electron chi connectivity index (χ2n) is 6.92. The third-order valence-electron chi connectivity index (χ3n) is 4.77. The monoisotopic (exact) mass is 395 g/mol. The zero-order valence-corrected chi connectivity index (χ0v) is 16.8. The Balaban J connectivity index is 0.000000169. The van der Waals surface area contributed by atoms with E-state index in [1.807, 2.05) is 54.9 Å². The molecule has 9 nitrogen and oxygen atoms in total. The highest BCUT2D eigenvalue weighted by atomic mass is 16.2. The summed E-state index contributed by atoms with van der Waals surface area (Å²) in [5, 5.41) is 8.34. The van der Waals surface area contributed by atoms with Crippen LogP contribution in [0.15, 0.2) is 42.7 Å². The Morgan fingerprint density at radius 3 is 2.59 bits per heavy atom. The highest BCUT2D eigenvalue weighted by molar-refractivity contribution is 5.92. The van der Waals surface area contributed by atoms with Crippen molar-refractivity contribution in [2.24, 2.45) is 5.73 Å². The minimum Gasteiger partial charge on any atom is -0.363 e. The smallest absolute Gasteiger partial charge is 0.288 e. The molecule has 0 saturated carbocycles. The molecule has 0 fully saturated rings. The molecule has 0 radical (unpaired) electrons. The summed E-state index contributed by atoms with van der Waals surface area (Å²) < 4.78 is 3.52. The second kappa shape index (κ2) is 8.68. The summed E-state index contributed by atoms with van der Waals surface area (Å²) in [4.78, 5) is 27.9. The Labute approximate surface area is 169 Å². The van der Waals surface area contributed by atoms with Gasteiger partial charge < -0.3 is 10.6 Å². The van der Waals surface area contributed by atoms with Crippen LogP contribution in [-0.4, -0.2) is 43.4 Å². The molecule has 0 bridgehead atoms. The van der Waals surface area contributed by atoms with Gasteiger partial charge in [-0.25, -0.2) is 14.3 Å². The quantitative estimate of drug-likeness (QED) is 0.728. The van der Waals surface area contributed by atoms with Gasteiger partial charge in [0.2, 0.25) is 11.7 Å². The number of fused-ring (bicyclic) bond motifs is 1. The van der Waals surface area contributed by atoms with Gasteiger partial charge in [-0.1, -0.05) is 30.3 Å². The predicted molar refractivity (Wildman–Crippen MR) is 108 cm³/mol. The third kappa shape index (κ3) is 4.68. The first-order valence-electron chi connectivity index (χ1n) is 9.43. The molecular weight excluding hydrogens is 370 g/mol. The minimum atomic E-state index is -0.612. The summed E-state index contributed by atoms with van der Waals surface area (Å²) in [6, 6.07) is 11.8. The maximum atomic E-state index is 11.5. The first-order chi connectivity index (χ1) is 13.9. The number of primary amides is 1.